The summed E-state index contributed by atoms with van der Waals surface area (Å²) in [6.45, 7) is 6.78. The van der Waals surface area contributed by atoms with E-state index in [0.717, 1.165) is 49.9 Å². The van der Waals surface area contributed by atoms with Gasteiger partial charge in [0, 0.05) is 30.4 Å². The van der Waals surface area contributed by atoms with Crippen LogP contribution in [0.15, 0.2) is 36.5 Å². The molecule has 2 heterocycles. The molecule has 1 aromatic carbocycles. The number of aliphatic hydroxyl groups excluding tert-OH is 1. The van der Waals surface area contributed by atoms with Crippen molar-refractivity contribution in [2.75, 3.05) is 18.8 Å². The monoisotopic (exact) mass is 422 g/mol. The van der Waals surface area contributed by atoms with Crippen LogP contribution in [0.4, 0.5) is 5.82 Å². The van der Waals surface area contributed by atoms with Gasteiger partial charge < -0.3 is 21.1 Å². The SMILES string of the molecule is CC(C)N1CCC(c2ccc(-c3cnc(N)c(C(=O)NC4CCC(O)CC4)c3)cc2)C1. The minimum absolute atomic E-state index is 0.0788. The maximum Gasteiger partial charge on any atom is 0.255 e. The number of nitrogens with zero attached hydrogens (tertiary/aromatic N) is 2. The van der Waals surface area contributed by atoms with E-state index in [-0.39, 0.29) is 23.9 Å². The average molecular weight is 423 g/mol. The molecular weight excluding hydrogens is 388 g/mol. The highest BCUT2D eigenvalue weighted by molar-refractivity contribution is 5.99. The molecular formula is C25H34N4O2. The molecule has 2 aromatic rings. The van der Waals surface area contributed by atoms with Gasteiger partial charge in [-0.3, -0.25) is 4.79 Å². The number of likely N-dealkylation sites (tertiary alicyclic amines) is 1. The third-order valence-electron chi connectivity index (χ3n) is 6.86. The molecule has 2 fully saturated rings. The lowest BCUT2D eigenvalue weighted by atomic mass is 9.93. The van der Waals surface area contributed by atoms with E-state index >= 15 is 0 Å². The summed E-state index contributed by atoms with van der Waals surface area (Å²) < 4.78 is 0. The van der Waals surface area contributed by atoms with Crippen molar-refractivity contribution in [2.24, 2.45) is 0 Å². The quantitative estimate of drug-likeness (QED) is 0.685. The predicted molar refractivity (Wildman–Crippen MR) is 124 cm³/mol. The first-order valence-electron chi connectivity index (χ1n) is 11.5. The number of rotatable bonds is 5. The van der Waals surface area contributed by atoms with Crippen LogP contribution < -0.4 is 11.1 Å². The van der Waals surface area contributed by atoms with Crippen molar-refractivity contribution in [3.8, 4) is 11.1 Å². The van der Waals surface area contributed by atoms with Crippen LogP contribution in [-0.4, -0.2) is 52.2 Å². The van der Waals surface area contributed by atoms with Crippen molar-refractivity contribution in [1.29, 1.82) is 0 Å². The Kier molecular flexibility index (Phi) is 6.58. The number of aliphatic hydroxyl groups is 1. The van der Waals surface area contributed by atoms with Gasteiger partial charge in [-0.05, 0) is 75.6 Å². The topological polar surface area (TPSA) is 91.5 Å². The molecule has 0 bridgehead atoms. The molecule has 4 rings (SSSR count). The number of aromatic nitrogens is 1. The van der Waals surface area contributed by atoms with Gasteiger partial charge >= 0.3 is 0 Å². The second-order valence-electron chi connectivity index (χ2n) is 9.33. The molecule has 6 heteroatoms. The van der Waals surface area contributed by atoms with E-state index in [1.807, 2.05) is 6.07 Å². The van der Waals surface area contributed by atoms with Gasteiger partial charge in [0.15, 0.2) is 0 Å². The third kappa shape index (κ3) is 5.08. The van der Waals surface area contributed by atoms with Gasteiger partial charge in [0.1, 0.15) is 5.82 Å². The zero-order valence-corrected chi connectivity index (χ0v) is 18.6. The molecule has 2 aliphatic rings. The summed E-state index contributed by atoms with van der Waals surface area (Å²) in [7, 11) is 0. The third-order valence-corrected chi connectivity index (χ3v) is 6.86. The highest BCUT2D eigenvalue weighted by atomic mass is 16.3. The largest absolute Gasteiger partial charge is 0.393 e. The molecule has 1 unspecified atom stereocenters. The molecule has 1 aliphatic heterocycles. The van der Waals surface area contributed by atoms with E-state index in [4.69, 9.17) is 5.73 Å². The number of nitrogens with one attached hydrogen (secondary N) is 1. The molecule has 1 aliphatic carbocycles. The Bertz CT molecular complexity index is 904. The van der Waals surface area contributed by atoms with Crippen molar-refractivity contribution in [1.82, 2.24) is 15.2 Å². The lowest BCUT2D eigenvalue weighted by molar-refractivity contribution is 0.0868. The molecule has 1 saturated carbocycles. The minimum Gasteiger partial charge on any atom is -0.393 e. The van der Waals surface area contributed by atoms with Crippen molar-refractivity contribution < 1.29 is 9.90 Å². The normalized spacial score (nSPS) is 24.5. The number of pyridine rings is 1. The highest BCUT2D eigenvalue weighted by Crippen LogP contribution is 2.30. The smallest absolute Gasteiger partial charge is 0.255 e. The number of amides is 1. The molecule has 166 valence electrons. The zero-order chi connectivity index (χ0) is 22.0. The second-order valence-corrected chi connectivity index (χ2v) is 9.33. The molecule has 1 aromatic heterocycles. The van der Waals surface area contributed by atoms with Crippen LogP contribution in [0.25, 0.3) is 11.1 Å². The van der Waals surface area contributed by atoms with Crippen LogP contribution >= 0.6 is 0 Å². The Hall–Kier alpha value is -2.44. The summed E-state index contributed by atoms with van der Waals surface area (Å²) in [5.41, 5.74) is 9.73. The molecule has 31 heavy (non-hydrogen) atoms. The van der Waals surface area contributed by atoms with Crippen LogP contribution in [0.5, 0.6) is 0 Å². The molecule has 1 saturated heterocycles. The van der Waals surface area contributed by atoms with Gasteiger partial charge in [-0.2, -0.15) is 0 Å². The fourth-order valence-corrected chi connectivity index (χ4v) is 4.77. The average Bonchev–Trinajstić information content (AvgIpc) is 3.26. The van der Waals surface area contributed by atoms with Crippen molar-refractivity contribution in [3.63, 3.8) is 0 Å². The van der Waals surface area contributed by atoms with Crippen molar-refractivity contribution in [3.05, 3.63) is 47.7 Å². The Balaban J connectivity index is 1.46. The van der Waals surface area contributed by atoms with Crippen LogP contribution in [-0.2, 0) is 0 Å². The number of anilines is 1. The number of hydrogen-bond acceptors (Lipinski definition) is 5. The number of nitrogens with two attached hydrogens (primary N) is 1. The Morgan fingerprint density at radius 2 is 1.84 bits per heavy atom. The molecule has 0 spiro atoms. The number of hydrogen-bond donors (Lipinski definition) is 3. The van der Waals surface area contributed by atoms with Gasteiger partial charge in [-0.15, -0.1) is 0 Å². The molecule has 6 nitrogen and oxygen atoms in total. The lowest BCUT2D eigenvalue weighted by Crippen LogP contribution is -2.38. The molecule has 1 amide bonds. The Labute approximate surface area is 184 Å². The standard InChI is InChI=1S/C25H34N4O2/c1-16(2)29-12-11-19(15-29)17-3-5-18(6-4-17)20-13-23(24(26)27-14-20)25(31)28-21-7-9-22(30)10-8-21/h3-6,13-14,16,19,21-22,30H,7-12,15H2,1-2H3,(H2,26,27)(H,28,31). The van der Waals surface area contributed by atoms with Crippen LogP contribution in [0, 0.1) is 0 Å². The summed E-state index contributed by atoms with van der Waals surface area (Å²) in [5, 5.41) is 12.7. The number of benzene rings is 1. The van der Waals surface area contributed by atoms with E-state index in [2.05, 4.69) is 53.3 Å². The molecule has 4 N–H and O–H groups in total. The fraction of sp³-hybridized carbons (Fsp3) is 0.520. The van der Waals surface area contributed by atoms with Gasteiger partial charge in [0.25, 0.3) is 5.91 Å². The van der Waals surface area contributed by atoms with Crippen molar-refractivity contribution in [2.45, 2.75) is 70.1 Å². The fourth-order valence-electron chi connectivity index (χ4n) is 4.77. The maximum absolute atomic E-state index is 12.8. The Morgan fingerprint density at radius 1 is 1.13 bits per heavy atom. The summed E-state index contributed by atoms with van der Waals surface area (Å²) in [5.74, 6) is 0.634. The number of carbonyl (C=O) groups excluding carboxylic acids is 1. The summed E-state index contributed by atoms with van der Waals surface area (Å²) in [6, 6.07) is 11.1. The maximum atomic E-state index is 12.8. The zero-order valence-electron chi connectivity index (χ0n) is 18.6. The summed E-state index contributed by atoms with van der Waals surface area (Å²) in [6.07, 6.45) is 5.71. The van der Waals surface area contributed by atoms with E-state index < -0.39 is 0 Å². The minimum atomic E-state index is -0.246. The van der Waals surface area contributed by atoms with Crippen molar-refractivity contribution >= 4 is 11.7 Å². The van der Waals surface area contributed by atoms with Crippen LogP contribution in [0.2, 0.25) is 0 Å². The first-order chi connectivity index (χ1) is 14.9. The number of carbonyl (C=O) groups is 1. The van der Waals surface area contributed by atoms with E-state index in [9.17, 15) is 9.90 Å². The van der Waals surface area contributed by atoms with Gasteiger partial charge in [-0.25, -0.2) is 4.98 Å². The van der Waals surface area contributed by atoms with E-state index in [1.165, 1.54) is 12.0 Å². The lowest BCUT2D eigenvalue weighted by Gasteiger charge is -2.26. The van der Waals surface area contributed by atoms with Gasteiger partial charge in [-0.1, -0.05) is 24.3 Å². The number of nitrogen functional groups attached to an aromatic ring is 1. The second kappa shape index (κ2) is 9.37. The van der Waals surface area contributed by atoms with Gasteiger partial charge in [0.05, 0.1) is 11.7 Å². The Morgan fingerprint density at radius 3 is 2.48 bits per heavy atom. The first kappa shape index (κ1) is 21.8. The summed E-state index contributed by atoms with van der Waals surface area (Å²) >= 11 is 0. The summed E-state index contributed by atoms with van der Waals surface area (Å²) in [4.78, 5) is 19.6. The van der Waals surface area contributed by atoms with Crippen LogP contribution in [0.1, 0.15) is 67.8 Å². The predicted octanol–water partition coefficient (Wildman–Crippen LogP) is 3.56. The van der Waals surface area contributed by atoms with E-state index in [0.29, 0.717) is 17.5 Å². The highest BCUT2D eigenvalue weighted by Gasteiger charge is 2.25. The van der Waals surface area contributed by atoms with Crippen LogP contribution in [0.3, 0.4) is 0 Å². The molecule has 1 atom stereocenters. The van der Waals surface area contributed by atoms with E-state index in [1.54, 1.807) is 6.20 Å². The molecule has 0 radical (unpaired) electrons. The first-order valence-corrected chi connectivity index (χ1v) is 11.5. The van der Waals surface area contributed by atoms with Gasteiger partial charge in [0.2, 0.25) is 0 Å².